The number of hydrogen-bond donors (Lipinski definition) is 1. The van der Waals surface area contributed by atoms with E-state index >= 15 is 0 Å². The van der Waals surface area contributed by atoms with Gasteiger partial charge in [0.05, 0.1) is 18.3 Å². The molecule has 1 amide bonds. The highest BCUT2D eigenvalue weighted by atomic mass is 16.1. The zero-order valence-electron chi connectivity index (χ0n) is 10.2. The van der Waals surface area contributed by atoms with Crippen LogP contribution in [0, 0.1) is 17.2 Å². The minimum atomic E-state index is -0.270. The number of carbonyl (C=O) groups excluding carboxylic acids is 1. The van der Waals surface area contributed by atoms with Crippen LogP contribution in [-0.2, 0) is 4.79 Å². The lowest BCUT2D eigenvalue weighted by Gasteiger charge is -2.37. The third-order valence-corrected chi connectivity index (χ3v) is 3.33. The lowest BCUT2D eigenvalue weighted by Crippen LogP contribution is -2.46. The Kier molecular flexibility index (Phi) is 3.42. The van der Waals surface area contributed by atoms with Crippen LogP contribution in [0.4, 0.5) is 5.82 Å². The van der Waals surface area contributed by atoms with E-state index in [1.54, 1.807) is 6.20 Å². The van der Waals surface area contributed by atoms with Crippen LogP contribution in [0.25, 0.3) is 0 Å². The van der Waals surface area contributed by atoms with Crippen molar-refractivity contribution < 1.29 is 4.79 Å². The number of hydrogen-bond acceptors (Lipinski definition) is 5. The van der Waals surface area contributed by atoms with E-state index in [1.165, 1.54) is 6.20 Å². The predicted octanol–water partition coefficient (Wildman–Crippen LogP) is 0.438. The van der Waals surface area contributed by atoms with Crippen LogP contribution in [0.3, 0.4) is 0 Å². The smallest absolute Gasteiger partial charge is 0.222 e. The first-order valence-electron chi connectivity index (χ1n) is 5.90. The molecular formula is C12H15N5O. The summed E-state index contributed by atoms with van der Waals surface area (Å²) in [5, 5.41) is 8.68. The van der Waals surface area contributed by atoms with E-state index in [0.29, 0.717) is 18.4 Å². The fraction of sp³-hybridized carbons (Fsp3) is 0.500. The first-order valence-corrected chi connectivity index (χ1v) is 5.90. The van der Waals surface area contributed by atoms with E-state index in [-0.39, 0.29) is 17.5 Å². The number of piperidine rings is 1. The van der Waals surface area contributed by atoms with Crippen LogP contribution < -0.4 is 10.6 Å². The third kappa shape index (κ3) is 2.40. The first kappa shape index (κ1) is 12.3. The first-order chi connectivity index (χ1) is 8.61. The minimum Gasteiger partial charge on any atom is -0.369 e. The normalized spacial score (nSPS) is 23.4. The van der Waals surface area contributed by atoms with Gasteiger partial charge in [0.15, 0.2) is 5.69 Å². The summed E-state index contributed by atoms with van der Waals surface area (Å²) in [5.41, 5.74) is 5.64. The van der Waals surface area contributed by atoms with Crippen molar-refractivity contribution in [2.45, 2.75) is 25.8 Å². The van der Waals surface area contributed by atoms with Gasteiger partial charge in [0, 0.05) is 12.6 Å². The molecule has 1 aromatic heterocycles. The number of carbonyl (C=O) groups is 1. The summed E-state index contributed by atoms with van der Waals surface area (Å²) in [6, 6.07) is 2.22. The van der Waals surface area contributed by atoms with Gasteiger partial charge in [0.2, 0.25) is 5.91 Å². The maximum Gasteiger partial charge on any atom is 0.222 e. The summed E-state index contributed by atoms with van der Waals surface area (Å²) in [7, 11) is 0. The van der Waals surface area contributed by atoms with Crippen LogP contribution >= 0.6 is 0 Å². The predicted molar refractivity (Wildman–Crippen MR) is 65.5 cm³/mol. The number of rotatable bonds is 2. The molecule has 0 aliphatic carbocycles. The molecule has 0 saturated carbocycles. The average molecular weight is 245 g/mol. The Morgan fingerprint density at radius 3 is 2.83 bits per heavy atom. The quantitative estimate of drug-likeness (QED) is 0.815. The second-order valence-corrected chi connectivity index (χ2v) is 4.55. The van der Waals surface area contributed by atoms with Gasteiger partial charge in [-0.05, 0) is 19.8 Å². The van der Waals surface area contributed by atoms with Gasteiger partial charge in [0.1, 0.15) is 11.9 Å². The van der Waals surface area contributed by atoms with E-state index in [4.69, 9.17) is 11.0 Å². The van der Waals surface area contributed by atoms with E-state index in [1.807, 2.05) is 11.0 Å². The van der Waals surface area contributed by atoms with Crippen LogP contribution in [0.5, 0.6) is 0 Å². The fourth-order valence-corrected chi connectivity index (χ4v) is 2.19. The molecule has 2 N–H and O–H groups in total. The van der Waals surface area contributed by atoms with Crippen molar-refractivity contribution in [2.75, 3.05) is 11.4 Å². The Bertz CT molecular complexity index is 478. The van der Waals surface area contributed by atoms with Crippen molar-refractivity contribution in [2.24, 2.45) is 11.7 Å². The molecule has 1 fully saturated rings. The molecule has 6 heteroatoms. The Morgan fingerprint density at radius 2 is 2.28 bits per heavy atom. The topological polar surface area (TPSA) is 95.9 Å². The number of nitriles is 1. The molecular weight excluding hydrogens is 230 g/mol. The van der Waals surface area contributed by atoms with E-state index in [9.17, 15) is 4.79 Å². The zero-order valence-corrected chi connectivity index (χ0v) is 10.2. The number of anilines is 1. The molecule has 18 heavy (non-hydrogen) atoms. The molecule has 2 unspecified atom stereocenters. The Labute approximate surface area is 105 Å². The molecule has 1 aromatic rings. The van der Waals surface area contributed by atoms with E-state index < -0.39 is 0 Å². The van der Waals surface area contributed by atoms with Crippen molar-refractivity contribution in [3.63, 3.8) is 0 Å². The largest absolute Gasteiger partial charge is 0.369 e. The van der Waals surface area contributed by atoms with Crippen molar-refractivity contribution in [3.05, 3.63) is 18.1 Å². The maximum absolute atomic E-state index is 11.3. The molecule has 2 rings (SSSR count). The molecule has 6 nitrogen and oxygen atoms in total. The Morgan fingerprint density at radius 1 is 1.50 bits per heavy atom. The van der Waals surface area contributed by atoms with Gasteiger partial charge in [-0.2, -0.15) is 5.26 Å². The highest BCUT2D eigenvalue weighted by Gasteiger charge is 2.29. The summed E-state index contributed by atoms with van der Waals surface area (Å²) < 4.78 is 0. The molecule has 1 aliphatic heterocycles. The van der Waals surface area contributed by atoms with Gasteiger partial charge in [-0.1, -0.05) is 0 Å². The summed E-state index contributed by atoms with van der Waals surface area (Å²) >= 11 is 0. The van der Waals surface area contributed by atoms with Gasteiger partial charge in [-0.15, -0.1) is 0 Å². The van der Waals surface area contributed by atoms with Crippen molar-refractivity contribution >= 4 is 11.7 Å². The van der Waals surface area contributed by atoms with Crippen molar-refractivity contribution in [1.29, 1.82) is 5.26 Å². The monoisotopic (exact) mass is 245 g/mol. The maximum atomic E-state index is 11.3. The third-order valence-electron chi connectivity index (χ3n) is 3.33. The highest BCUT2D eigenvalue weighted by Crippen LogP contribution is 2.25. The van der Waals surface area contributed by atoms with Gasteiger partial charge >= 0.3 is 0 Å². The molecule has 0 aromatic carbocycles. The molecule has 2 atom stereocenters. The van der Waals surface area contributed by atoms with Crippen LogP contribution in [0.1, 0.15) is 25.5 Å². The van der Waals surface area contributed by atoms with E-state index in [0.717, 1.165) is 12.8 Å². The Balaban J connectivity index is 2.19. The number of amides is 1. The number of primary amides is 1. The Hall–Kier alpha value is -2.16. The fourth-order valence-electron chi connectivity index (χ4n) is 2.19. The second kappa shape index (κ2) is 5.00. The lowest BCUT2D eigenvalue weighted by molar-refractivity contribution is -0.122. The molecule has 1 aliphatic rings. The summed E-state index contributed by atoms with van der Waals surface area (Å²) in [6.07, 6.45) is 4.72. The lowest BCUT2D eigenvalue weighted by atomic mass is 9.93. The van der Waals surface area contributed by atoms with Crippen molar-refractivity contribution in [3.8, 4) is 6.07 Å². The van der Waals surface area contributed by atoms with Crippen molar-refractivity contribution in [1.82, 2.24) is 9.97 Å². The summed E-state index contributed by atoms with van der Waals surface area (Å²) in [4.78, 5) is 21.5. The number of nitrogens with zero attached hydrogens (tertiary/aromatic N) is 4. The molecule has 94 valence electrons. The van der Waals surface area contributed by atoms with Crippen LogP contribution in [0.2, 0.25) is 0 Å². The second-order valence-electron chi connectivity index (χ2n) is 4.55. The minimum absolute atomic E-state index is 0.140. The van der Waals surface area contributed by atoms with Gasteiger partial charge in [-0.3, -0.25) is 4.79 Å². The molecule has 0 radical (unpaired) electrons. The van der Waals surface area contributed by atoms with Gasteiger partial charge in [0.25, 0.3) is 0 Å². The van der Waals surface area contributed by atoms with Crippen LogP contribution in [0.15, 0.2) is 12.4 Å². The van der Waals surface area contributed by atoms with Gasteiger partial charge < -0.3 is 10.6 Å². The highest BCUT2D eigenvalue weighted by molar-refractivity contribution is 5.77. The van der Waals surface area contributed by atoms with Gasteiger partial charge in [-0.25, -0.2) is 9.97 Å². The number of aromatic nitrogens is 2. The van der Waals surface area contributed by atoms with E-state index in [2.05, 4.69) is 16.9 Å². The molecule has 0 bridgehead atoms. The molecule has 1 saturated heterocycles. The molecule has 2 heterocycles. The zero-order chi connectivity index (χ0) is 13.1. The number of nitrogens with two attached hydrogens (primary N) is 1. The summed E-state index contributed by atoms with van der Waals surface area (Å²) in [6.45, 7) is 2.65. The standard InChI is InChI=1S/C12H15N5O/c1-8-2-3-9(12(14)18)7-17(8)11-6-15-10(4-13)5-16-11/h5-6,8-9H,2-3,7H2,1H3,(H2,14,18). The molecule has 0 spiro atoms. The SMILES string of the molecule is CC1CCC(C(N)=O)CN1c1cnc(C#N)cn1. The summed E-state index contributed by atoms with van der Waals surface area (Å²) in [5.74, 6) is 0.277. The van der Waals surface area contributed by atoms with Crippen LogP contribution in [-0.4, -0.2) is 28.5 Å². The average Bonchev–Trinajstić information content (AvgIpc) is 2.39.